The number of rotatable bonds is 5. The first kappa shape index (κ1) is 22.8. The third-order valence-corrected chi connectivity index (χ3v) is 4.55. The standard InChI is InChI=1S/C23H18F4N2O3/c1-13-7-10-20(32-2)16(11-13)22(31)29-19-9-8-14(12-17(19)23(25,26)27)28-21(30)15-5-3-4-6-18(15)24/h3-12H,1-2H3,(H,28,30)(H,29,31). The Kier molecular flexibility index (Phi) is 6.47. The van der Waals surface area contributed by atoms with Gasteiger partial charge in [0.1, 0.15) is 11.6 Å². The van der Waals surface area contributed by atoms with Crippen LogP contribution >= 0.6 is 0 Å². The first-order chi connectivity index (χ1) is 15.1. The zero-order valence-corrected chi connectivity index (χ0v) is 17.0. The maximum atomic E-state index is 13.8. The Morgan fingerprint density at radius 3 is 2.22 bits per heavy atom. The highest BCUT2D eigenvalue weighted by Gasteiger charge is 2.34. The van der Waals surface area contributed by atoms with E-state index in [1.807, 2.05) is 0 Å². The van der Waals surface area contributed by atoms with E-state index in [-0.39, 0.29) is 22.6 Å². The number of hydrogen-bond acceptors (Lipinski definition) is 3. The number of aryl methyl sites for hydroxylation is 1. The minimum atomic E-state index is -4.84. The van der Waals surface area contributed by atoms with Crippen molar-refractivity contribution in [2.24, 2.45) is 0 Å². The van der Waals surface area contributed by atoms with Gasteiger partial charge in [-0.05, 0) is 49.4 Å². The normalized spacial score (nSPS) is 11.1. The Bertz CT molecular complexity index is 1180. The zero-order chi connectivity index (χ0) is 23.5. The maximum absolute atomic E-state index is 13.8. The van der Waals surface area contributed by atoms with Crippen molar-refractivity contribution < 1.29 is 31.9 Å². The summed E-state index contributed by atoms with van der Waals surface area (Å²) in [6.45, 7) is 1.73. The number of alkyl halides is 3. The smallest absolute Gasteiger partial charge is 0.418 e. The van der Waals surface area contributed by atoms with Gasteiger partial charge in [0, 0.05) is 5.69 Å². The fraction of sp³-hybridized carbons (Fsp3) is 0.130. The van der Waals surface area contributed by atoms with Gasteiger partial charge in [0.15, 0.2) is 0 Å². The molecule has 0 radical (unpaired) electrons. The predicted octanol–water partition coefficient (Wildman–Crippen LogP) is 5.67. The molecule has 3 rings (SSSR count). The van der Waals surface area contributed by atoms with Crippen LogP contribution in [-0.4, -0.2) is 18.9 Å². The quantitative estimate of drug-likeness (QED) is 0.497. The van der Waals surface area contributed by atoms with E-state index in [1.165, 1.54) is 43.5 Å². The van der Waals surface area contributed by atoms with Crippen LogP contribution in [0.1, 0.15) is 31.8 Å². The van der Waals surface area contributed by atoms with Gasteiger partial charge in [-0.1, -0.05) is 23.8 Å². The van der Waals surface area contributed by atoms with Crippen molar-refractivity contribution in [2.45, 2.75) is 13.1 Å². The van der Waals surface area contributed by atoms with Crippen LogP contribution in [0, 0.1) is 12.7 Å². The van der Waals surface area contributed by atoms with Crippen LogP contribution in [0.3, 0.4) is 0 Å². The SMILES string of the molecule is COc1ccc(C)cc1C(=O)Nc1ccc(NC(=O)c2ccccc2F)cc1C(F)(F)F. The van der Waals surface area contributed by atoms with Crippen molar-refractivity contribution in [3.8, 4) is 5.75 Å². The van der Waals surface area contributed by atoms with E-state index >= 15 is 0 Å². The Morgan fingerprint density at radius 2 is 1.56 bits per heavy atom. The van der Waals surface area contributed by atoms with E-state index in [0.29, 0.717) is 6.07 Å². The maximum Gasteiger partial charge on any atom is 0.418 e. The molecule has 0 bridgehead atoms. The molecule has 0 atom stereocenters. The first-order valence-corrected chi connectivity index (χ1v) is 9.33. The van der Waals surface area contributed by atoms with E-state index in [1.54, 1.807) is 13.0 Å². The zero-order valence-electron chi connectivity index (χ0n) is 17.0. The topological polar surface area (TPSA) is 67.4 Å². The van der Waals surface area contributed by atoms with Crippen LogP contribution < -0.4 is 15.4 Å². The highest BCUT2D eigenvalue weighted by molar-refractivity contribution is 6.07. The Balaban J connectivity index is 1.91. The summed E-state index contributed by atoms with van der Waals surface area (Å²) >= 11 is 0. The van der Waals surface area contributed by atoms with E-state index in [4.69, 9.17) is 4.74 Å². The van der Waals surface area contributed by atoms with E-state index in [9.17, 15) is 27.2 Å². The molecule has 0 unspecified atom stereocenters. The molecule has 0 aliphatic heterocycles. The third kappa shape index (κ3) is 5.05. The van der Waals surface area contributed by atoms with E-state index in [0.717, 1.165) is 17.7 Å². The van der Waals surface area contributed by atoms with Gasteiger partial charge in [0.05, 0.1) is 29.5 Å². The van der Waals surface area contributed by atoms with Gasteiger partial charge in [-0.3, -0.25) is 9.59 Å². The molecule has 3 aromatic carbocycles. The van der Waals surface area contributed by atoms with Crippen LogP contribution in [0.4, 0.5) is 28.9 Å². The lowest BCUT2D eigenvalue weighted by atomic mass is 10.1. The molecule has 3 aromatic rings. The molecular weight excluding hydrogens is 428 g/mol. The second kappa shape index (κ2) is 9.09. The van der Waals surface area contributed by atoms with Gasteiger partial charge in [0.2, 0.25) is 0 Å². The number of benzene rings is 3. The number of hydrogen-bond donors (Lipinski definition) is 2. The van der Waals surface area contributed by atoms with Crippen molar-refractivity contribution in [1.29, 1.82) is 0 Å². The third-order valence-electron chi connectivity index (χ3n) is 4.55. The number of anilines is 2. The Hall–Kier alpha value is -3.88. The van der Waals surface area contributed by atoms with Gasteiger partial charge < -0.3 is 15.4 Å². The molecule has 0 saturated heterocycles. The fourth-order valence-electron chi connectivity index (χ4n) is 3.00. The fourth-order valence-corrected chi connectivity index (χ4v) is 3.00. The van der Waals surface area contributed by atoms with Gasteiger partial charge in [-0.2, -0.15) is 13.2 Å². The number of ether oxygens (including phenoxy) is 1. The lowest BCUT2D eigenvalue weighted by Crippen LogP contribution is -2.19. The summed E-state index contributed by atoms with van der Waals surface area (Å²) in [5.74, 6) is -2.30. The van der Waals surface area contributed by atoms with Crippen molar-refractivity contribution >= 4 is 23.2 Å². The molecule has 0 saturated carbocycles. The molecule has 2 amide bonds. The molecule has 0 aliphatic rings. The second-order valence-corrected chi connectivity index (χ2v) is 6.85. The summed E-state index contributed by atoms with van der Waals surface area (Å²) in [5.41, 5.74) is -1.42. The largest absolute Gasteiger partial charge is 0.496 e. The second-order valence-electron chi connectivity index (χ2n) is 6.85. The average Bonchev–Trinajstić information content (AvgIpc) is 2.74. The molecule has 9 heteroatoms. The minimum absolute atomic E-state index is 0.0672. The molecule has 0 aromatic heterocycles. The summed E-state index contributed by atoms with van der Waals surface area (Å²) in [5, 5.41) is 4.48. The number of amides is 2. The summed E-state index contributed by atoms with van der Waals surface area (Å²) in [6.07, 6.45) is -4.84. The Morgan fingerprint density at radius 1 is 0.875 bits per heavy atom. The summed E-state index contributed by atoms with van der Waals surface area (Å²) in [7, 11) is 1.34. The highest BCUT2D eigenvalue weighted by atomic mass is 19.4. The van der Waals surface area contributed by atoms with Crippen LogP contribution in [0.5, 0.6) is 5.75 Å². The van der Waals surface area contributed by atoms with Gasteiger partial charge in [0.25, 0.3) is 11.8 Å². The number of carbonyl (C=O) groups excluding carboxylic acids is 2. The lowest BCUT2D eigenvalue weighted by molar-refractivity contribution is -0.136. The molecule has 5 nitrogen and oxygen atoms in total. The molecule has 32 heavy (non-hydrogen) atoms. The van der Waals surface area contributed by atoms with Crippen molar-refractivity contribution in [3.63, 3.8) is 0 Å². The summed E-state index contributed by atoms with van der Waals surface area (Å²) in [6, 6.07) is 12.7. The molecule has 2 N–H and O–H groups in total. The molecule has 166 valence electrons. The monoisotopic (exact) mass is 446 g/mol. The molecular formula is C23H18F4N2O3. The van der Waals surface area contributed by atoms with Crippen LogP contribution in [-0.2, 0) is 6.18 Å². The van der Waals surface area contributed by atoms with Crippen molar-refractivity contribution in [2.75, 3.05) is 17.7 Å². The minimum Gasteiger partial charge on any atom is -0.496 e. The average molecular weight is 446 g/mol. The van der Waals surface area contributed by atoms with Gasteiger partial charge >= 0.3 is 6.18 Å². The summed E-state index contributed by atoms with van der Waals surface area (Å²) in [4.78, 5) is 24.9. The van der Waals surface area contributed by atoms with Crippen LogP contribution in [0.2, 0.25) is 0 Å². The lowest BCUT2D eigenvalue weighted by Gasteiger charge is -2.17. The number of halogens is 4. The number of carbonyl (C=O) groups is 2. The van der Waals surface area contributed by atoms with Crippen molar-refractivity contribution in [1.82, 2.24) is 0 Å². The molecule has 0 aliphatic carbocycles. The Labute approximate surface area is 181 Å². The summed E-state index contributed by atoms with van der Waals surface area (Å²) < 4.78 is 59.9. The number of methoxy groups -OCH3 is 1. The number of nitrogens with one attached hydrogen (secondary N) is 2. The van der Waals surface area contributed by atoms with Crippen molar-refractivity contribution in [3.05, 3.63) is 88.7 Å². The van der Waals surface area contributed by atoms with Gasteiger partial charge in [-0.15, -0.1) is 0 Å². The van der Waals surface area contributed by atoms with Crippen LogP contribution in [0.25, 0.3) is 0 Å². The van der Waals surface area contributed by atoms with E-state index in [2.05, 4.69) is 10.6 Å². The van der Waals surface area contributed by atoms with Crippen LogP contribution in [0.15, 0.2) is 60.7 Å². The molecule has 0 fully saturated rings. The highest BCUT2D eigenvalue weighted by Crippen LogP contribution is 2.37. The van der Waals surface area contributed by atoms with Gasteiger partial charge in [-0.25, -0.2) is 4.39 Å². The molecule has 0 spiro atoms. The van der Waals surface area contributed by atoms with E-state index < -0.39 is 35.1 Å². The first-order valence-electron chi connectivity index (χ1n) is 9.33. The predicted molar refractivity (Wildman–Crippen MR) is 111 cm³/mol. The molecule has 0 heterocycles.